The molecule has 0 spiro atoms. The lowest BCUT2D eigenvalue weighted by Crippen LogP contribution is -1.90. The van der Waals surface area contributed by atoms with Crippen LogP contribution in [-0.4, -0.2) is 9.97 Å². The maximum absolute atomic E-state index is 6.33. The molecular weight excluding hydrogens is 569 g/mol. The van der Waals surface area contributed by atoms with Gasteiger partial charge >= 0.3 is 0 Å². The molecule has 0 radical (unpaired) electrons. The predicted octanol–water partition coefficient (Wildman–Crippen LogP) is 11.7. The number of para-hydroxylation sites is 2. The van der Waals surface area contributed by atoms with E-state index in [0.717, 1.165) is 62.0 Å². The van der Waals surface area contributed by atoms with E-state index in [2.05, 4.69) is 132 Å². The Labute approximate surface area is 264 Å². The van der Waals surface area contributed by atoms with Crippen molar-refractivity contribution in [3.8, 4) is 44.8 Å². The lowest BCUT2D eigenvalue weighted by Gasteiger charge is -2.09. The van der Waals surface area contributed by atoms with Crippen LogP contribution in [0.1, 0.15) is 16.9 Å². The summed E-state index contributed by atoms with van der Waals surface area (Å²) >= 11 is 1.87. The van der Waals surface area contributed by atoms with Gasteiger partial charge in [-0.05, 0) is 53.5 Å². The number of furan rings is 1. The summed E-state index contributed by atoms with van der Waals surface area (Å²) in [6, 6.07) is 40.5. The maximum atomic E-state index is 6.33. The van der Waals surface area contributed by atoms with Crippen LogP contribution in [0.5, 0.6) is 0 Å². The van der Waals surface area contributed by atoms with Crippen molar-refractivity contribution < 1.29 is 4.42 Å². The standard InChI is InChI=1S/C41H26N2OS/c1-2-15-33-35-19-9-17-31(41(35)45-39(33)21-3-1)27-11-7-13-29(23-27)37-24-36(42-25-43-37)28-12-6-10-26(22-28)30-16-8-18-34-32-14-4-5-20-38(32)44-40(30)34/h2-25H,1H2. The van der Waals surface area contributed by atoms with E-state index < -0.39 is 0 Å². The number of nitrogens with zero attached hydrogens (tertiary/aromatic N) is 2. The summed E-state index contributed by atoms with van der Waals surface area (Å²) in [5.74, 6) is 0. The molecule has 0 aliphatic heterocycles. The first-order valence-corrected chi connectivity index (χ1v) is 15.9. The highest BCUT2D eigenvalue weighted by Gasteiger charge is 2.15. The number of benzene rings is 5. The molecule has 0 saturated heterocycles. The predicted molar refractivity (Wildman–Crippen MR) is 189 cm³/mol. The van der Waals surface area contributed by atoms with Gasteiger partial charge in [0.2, 0.25) is 0 Å². The van der Waals surface area contributed by atoms with Crippen LogP contribution < -0.4 is 0 Å². The van der Waals surface area contributed by atoms with Crippen molar-refractivity contribution in [3.63, 3.8) is 0 Å². The Morgan fingerprint density at radius 2 is 1.20 bits per heavy atom. The average Bonchev–Trinajstić information content (AvgIpc) is 3.57. The second kappa shape index (κ2) is 10.5. The van der Waals surface area contributed by atoms with Crippen molar-refractivity contribution in [2.45, 2.75) is 6.42 Å². The summed E-state index contributed by atoms with van der Waals surface area (Å²) in [5, 5.41) is 3.56. The Hall–Kier alpha value is -5.58. The summed E-state index contributed by atoms with van der Waals surface area (Å²) in [4.78, 5) is 10.7. The second-order valence-electron chi connectivity index (χ2n) is 11.3. The van der Waals surface area contributed by atoms with Gasteiger partial charge in [0.05, 0.1) is 11.4 Å². The quantitative estimate of drug-likeness (QED) is 0.203. The molecule has 1 aliphatic rings. The molecule has 9 rings (SSSR count). The Morgan fingerprint density at radius 3 is 2.02 bits per heavy atom. The molecule has 0 amide bonds. The minimum Gasteiger partial charge on any atom is -0.455 e. The zero-order chi connectivity index (χ0) is 29.7. The third-order valence-electron chi connectivity index (χ3n) is 8.62. The smallest absolute Gasteiger partial charge is 0.143 e. The fraction of sp³-hybridized carbons (Fsp3) is 0.0244. The van der Waals surface area contributed by atoms with Gasteiger partial charge in [-0.25, -0.2) is 9.97 Å². The topological polar surface area (TPSA) is 38.9 Å². The minimum atomic E-state index is 0.881. The van der Waals surface area contributed by atoms with Crippen LogP contribution >= 0.6 is 11.3 Å². The minimum absolute atomic E-state index is 0.881. The van der Waals surface area contributed by atoms with Crippen molar-refractivity contribution in [2.75, 3.05) is 0 Å². The van der Waals surface area contributed by atoms with Crippen molar-refractivity contribution in [1.82, 2.24) is 9.97 Å². The molecule has 0 saturated carbocycles. The highest BCUT2D eigenvalue weighted by atomic mass is 32.1. The van der Waals surface area contributed by atoms with E-state index in [-0.39, 0.29) is 0 Å². The Balaban J connectivity index is 1.10. The van der Waals surface area contributed by atoms with Crippen LogP contribution in [0.25, 0.3) is 88.9 Å². The summed E-state index contributed by atoms with van der Waals surface area (Å²) < 4.78 is 7.65. The zero-order valence-electron chi connectivity index (χ0n) is 24.3. The normalized spacial score (nSPS) is 12.6. The van der Waals surface area contributed by atoms with Gasteiger partial charge in [-0.1, -0.05) is 109 Å². The van der Waals surface area contributed by atoms with Gasteiger partial charge in [-0.3, -0.25) is 0 Å². The van der Waals surface area contributed by atoms with Gasteiger partial charge in [0, 0.05) is 48.0 Å². The number of rotatable bonds is 4. The SMILES string of the molecule is C1=Cc2sc3c(-c4cccc(-c5cc(-c6cccc(-c7cccc8c7oc7ccccc78)c6)ncn5)c4)cccc3c2C=CC1. The van der Waals surface area contributed by atoms with E-state index in [9.17, 15) is 0 Å². The fourth-order valence-electron chi connectivity index (χ4n) is 6.46. The summed E-state index contributed by atoms with van der Waals surface area (Å²) in [6.07, 6.45) is 11.6. The van der Waals surface area contributed by atoms with Crippen LogP contribution in [-0.2, 0) is 0 Å². The first-order valence-electron chi connectivity index (χ1n) is 15.1. The van der Waals surface area contributed by atoms with Gasteiger partial charge in [-0.2, -0.15) is 0 Å². The molecule has 0 N–H and O–H groups in total. The van der Waals surface area contributed by atoms with E-state index in [4.69, 9.17) is 9.40 Å². The second-order valence-corrected chi connectivity index (χ2v) is 12.4. The van der Waals surface area contributed by atoms with Gasteiger partial charge in [0.25, 0.3) is 0 Å². The summed E-state index contributed by atoms with van der Waals surface area (Å²) in [7, 11) is 0. The van der Waals surface area contributed by atoms with Crippen LogP contribution in [0.15, 0.2) is 138 Å². The van der Waals surface area contributed by atoms with E-state index in [1.165, 1.54) is 31.7 Å². The molecule has 8 aromatic rings. The molecule has 4 heteroatoms. The molecule has 0 unspecified atom stereocenters. The molecule has 212 valence electrons. The molecule has 3 heterocycles. The molecule has 0 bridgehead atoms. The highest BCUT2D eigenvalue weighted by Crippen LogP contribution is 2.41. The van der Waals surface area contributed by atoms with Crippen LogP contribution in [0.4, 0.5) is 0 Å². The van der Waals surface area contributed by atoms with E-state index in [1.54, 1.807) is 6.33 Å². The lowest BCUT2D eigenvalue weighted by molar-refractivity contribution is 0.670. The van der Waals surface area contributed by atoms with Crippen LogP contribution in [0, 0.1) is 0 Å². The van der Waals surface area contributed by atoms with E-state index >= 15 is 0 Å². The first kappa shape index (κ1) is 25.9. The van der Waals surface area contributed by atoms with Crippen LogP contribution in [0.2, 0.25) is 0 Å². The Morgan fingerprint density at radius 1 is 0.556 bits per heavy atom. The molecule has 3 nitrogen and oxygen atoms in total. The van der Waals surface area contributed by atoms with Gasteiger partial charge in [0.1, 0.15) is 17.5 Å². The molecule has 5 aromatic carbocycles. The number of hydrogen-bond acceptors (Lipinski definition) is 4. The van der Waals surface area contributed by atoms with Gasteiger partial charge in [0.15, 0.2) is 0 Å². The number of allylic oxidation sites excluding steroid dienone is 2. The number of aromatic nitrogens is 2. The zero-order valence-corrected chi connectivity index (χ0v) is 25.1. The first-order chi connectivity index (χ1) is 22.3. The third kappa shape index (κ3) is 4.42. The molecular formula is C41H26N2OS. The third-order valence-corrected chi connectivity index (χ3v) is 9.84. The summed E-state index contributed by atoms with van der Waals surface area (Å²) in [6.45, 7) is 0. The van der Waals surface area contributed by atoms with E-state index in [1.807, 2.05) is 23.5 Å². The molecule has 0 fully saturated rings. The van der Waals surface area contributed by atoms with Crippen LogP contribution in [0.3, 0.4) is 0 Å². The van der Waals surface area contributed by atoms with E-state index in [0.29, 0.717) is 0 Å². The largest absolute Gasteiger partial charge is 0.455 e. The monoisotopic (exact) mass is 594 g/mol. The van der Waals surface area contributed by atoms with Gasteiger partial charge < -0.3 is 4.42 Å². The number of hydrogen-bond donors (Lipinski definition) is 0. The number of thiophene rings is 1. The van der Waals surface area contributed by atoms with Gasteiger partial charge in [-0.15, -0.1) is 11.3 Å². The average molecular weight is 595 g/mol. The summed E-state index contributed by atoms with van der Waals surface area (Å²) in [5.41, 5.74) is 11.6. The molecule has 0 atom stereocenters. The maximum Gasteiger partial charge on any atom is 0.143 e. The Kier molecular flexibility index (Phi) is 6.06. The molecule has 45 heavy (non-hydrogen) atoms. The van der Waals surface area contributed by atoms with Crippen molar-refractivity contribution in [3.05, 3.63) is 144 Å². The Bertz CT molecular complexity index is 2480. The van der Waals surface area contributed by atoms with Crippen molar-refractivity contribution in [2.24, 2.45) is 0 Å². The lowest BCUT2D eigenvalue weighted by atomic mass is 9.98. The number of fused-ring (bicyclic) bond motifs is 6. The molecule has 1 aliphatic carbocycles. The highest BCUT2D eigenvalue weighted by molar-refractivity contribution is 7.20. The molecule has 3 aromatic heterocycles. The van der Waals surface area contributed by atoms with Crippen molar-refractivity contribution >= 4 is 55.5 Å². The van der Waals surface area contributed by atoms with Crippen molar-refractivity contribution in [1.29, 1.82) is 0 Å². The fourth-order valence-corrected chi connectivity index (χ4v) is 7.71.